The van der Waals surface area contributed by atoms with Crippen LogP contribution in [-0.4, -0.2) is 34.2 Å². The molecular formula is C14H17N3OS. The number of rotatable bonds is 6. The molecule has 100 valence electrons. The van der Waals surface area contributed by atoms with Crippen LogP contribution in [0.3, 0.4) is 0 Å². The Kier molecular flexibility index (Phi) is 3.84. The van der Waals surface area contributed by atoms with Crippen molar-refractivity contribution in [3.8, 4) is 5.69 Å². The summed E-state index contributed by atoms with van der Waals surface area (Å²) in [6.07, 6.45) is 2.46. The lowest BCUT2D eigenvalue weighted by atomic mass is 10.3. The Balaban J connectivity index is 1.91. The van der Waals surface area contributed by atoms with E-state index in [0.717, 1.165) is 29.0 Å². The lowest BCUT2D eigenvalue weighted by molar-refractivity contribution is 0.218. The van der Waals surface area contributed by atoms with Crippen LogP contribution in [-0.2, 0) is 4.74 Å². The molecule has 1 aromatic heterocycles. The van der Waals surface area contributed by atoms with Crippen LogP contribution < -0.4 is 0 Å². The molecule has 1 fully saturated rings. The Hall–Kier alpha value is -1.33. The van der Waals surface area contributed by atoms with Crippen LogP contribution in [0.1, 0.15) is 24.6 Å². The summed E-state index contributed by atoms with van der Waals surface area (Å²) in [5, 5.41) is 9.69. The van der Waals surface area contributed by atoms with E-state index >= 15 is 0 Å². The minimum Gasteiger partial charge on any atom is -0.384 e. The number of benzene rings is 1. The number of ether oxygens (including phenoxy) is 1. The zero-order chi connectivity index (χ0) is 13.1. The van der Waals surface area contributed by atoms with E-state index in [0.29, 0.717) is 5.92 Å². The number of hydrogen-bond acceptors (Lipinski definition) is 4. The molecule has 1 aromatic carbocycles. The van der Waals surface area contributed by atoms with Crippen molar-refractivity contribution in [2.45, 2.75) is 23.9 Å². The summed E-state index contributed by atoms with van der Waals surface area (Å²) >= 11 is 1.70. The molecule has 0 aliphatic heterocycles. The second kappa shape index (κ2) is 5.75. The molecule has 0 spiro atoms. The van der Waals surface area contributed by atoms with Gasteiger partial charge in [0.25, 0.3) is 0 Å². The van der Waals surface area contributed by atoms with Gasteiger partial charge in [-0.05, 0) is 25.0 Å². The highest BCUT2D eigenvalue weighted by Gasteiger charge is 2.30. The Morgan fingerprint density at radius 1 is 1.26 bits per heavy atom. The number of para-hydroxylation sites is 1. The summed E-state index contributed by atoms with van der Waals surface area (Å²) in [6, 6.07) is 10.3. The normalized spacial score (nSPS) is 14.8. The second-order valence-corrected chi connectivity index (χ2v) is 5.69. The van der Waals surface area contributed by atoms with Crippen LogP contribution in [0.4, 0.5) is 0 Å². The predicted octanol–water partition coefficient (Wildman–Crippen LogP) is 2.88. The summed E-state index contributed by atoms with van der Waals surface area (Å²) in [7, 11) is 1.72. The van der Waals surface area contributed by atoms with E-state index in [1.165, 1.54) is 12.8 Å². The van der Waals surface area contributed by atoms with Crippen LogP contribution >= 0.6 is 11.8 Å². The van der Waals surface area contributed by atoms with Gasteiger partial charge in [-0.25, -0.2) is 0 Å². The highest BCUT2D eigenvalue weighted by atomic mass is 32.2. The van der Waals surface area contributed by atoms with E-state index in [-0.39, 0.29) is 0 Å². The molecule has 0 bridgehead atoms. The fraction of sp³-hybridized carbons (Fsp3) is 0.429. The monoisotopic (exact) mass is 275 g/mol. The van der Waals surface area contributed by atoms with Gasteiger partial charge in [0.2, 0.25) is 0 Å². The largest absolute Gasteiger partial charge is 0.384 e. The molecule has 0 N–H and O–H groups in total. The van der Waals surface area contributed by atoms with Gasteiger partial charge in [0.15, 0.2) is 5.16 Å². The number of thioether (sulfide) groups is 1. The average molecular weight is 275 g/mol. The van der Waals surface area contributed by atoms with Crippen LogP contribution in [0.15, 0.2) is 35.5 Å². The maximum atomic E-state index is 5.10. The van der Waals surface area contributed by atoms with Crippen molar-refractivity contribution < 1.29 is 4.74 Å². The Labute approximate surface area is 117 Å². The molecule has 19 heavy (non-hydrogen) atoms. The van der Waals surface area contributed by atoms with Gasteiger partial charge >= 0.3 is 0 Å². The number of hydrogen-bond donors (Lipinski definition) is 0. The molecule has 1 heterocycles. The Bertz CT molecular complexity index is 537. The van der Waals surface area contributed by atoms with E-state index in [2.05, 4.69) is 39.0 Å². The van der Waals surface area contributed by atoms with Gasteiger partial charge < -0.3 is 4.74 Å². The van der Waals surface area contributed by atoms with Crippen molar-refractivity contribution in [3.05, 3.63) is 36.2 Å². The van der Waals surface area contributed by atoms with Crippen molar-refractivity contribution in [1.29, 1.82) is 0 Å². The fourth-order valence-corrected chi connectivity index (χ4v) is 2.88. The summed E-state index contributed by atoms with van der Waals surface area (Å²) in [6.45, 7) is 0.727. The lowest BCUT2D eigenvalue weighted by Gasteiger charge is -2.09. The fourth-order valence-electron chi connectivity index (χ4n) is 2.02. The van der Waals surface area contributed by atoms with Gasteiger partial charge in [-0.15, -0.1) is 10.2 Å². The zero-order valence-corrected chi connectivity index (χ0v) is 11.8. The van der Waals surface area contributed by atoms with Crippen molar-refractivity contribution in [1.82, 2.24) is 14.8 Å². The molecular weight excluding hydrogens is 258 g/mol. The smallest absolute Gasteiger partial charge is 0.195 e. The van der Waals surface area contributed by atoms with Gasteiger partial charge in [-0.2, -0.15) is 0 Å². The molecule has 1 aliphatic carbocycles. The average Bonchev–Trinajstić information content (AvgIpc) is 3.21. The van der Waals surface area contributed by atoms with Crippen LogP contribution in [0.25, 0.3) is 5.69 Å². The van der Waals surface area contributed by atoms with Crippen molar-refractivity contribution in [2.24, 2.45) is 0 Å². The lowest BCUT2D eigenvalue weighted by Crippen LogP contribution is -2.02. The third-order valence-corrected chi connectivity index (χ3v) is 4.03. The number of methoxy groups -OCH3 is 1. The molecule has 5 heteroatoms. The third kappa shape index (κ3) is 2.82. The molecule has 2 aromatic rings. The Morgan fingerprint density at radius 3 is 2.74 bits per heavy atom. The maximum absolute atomic E-state index is 5.10. The van der Waals surface area contributed by atoms with Crippen molar-refractivity contribution in [2.75, 3.05) is 19.5 Å². The number of aromatic nitrogens is 3. The molecule has 0 radical (unpaired) electrons. The number of nitrogens with zero attached hydrogens (tertiary/aromatic N) is 3. The first-order valence-corrected chi connectivity index (χ1v) is 7.51. The summed E-state index contributed by atoms with van der Waals surface area (Å²) in [5.41, 5.74) is 1.15. The molecule has 4 nitrogen and oxygen atoms in total. The molecule has 0 amide bonds. The van der Waals surface area contributed by atoms with E-state index in [4.69, 9.17) is 4.74 Å². The van der Waals surface area contributed by atoms with E-state index in [1.54, 1.807) is 18.9 Å². The Morgan fingerprint density at radius 2 is 2.05 bits per heavy atom. The SMILES string of the molecule is COCCSc1nnc(C2CC2)n1-c1ccccc1. The first-order chi connectivity index (χ1) is 9.40. The minimum atomic E-state index is 0.587. The standard InChI is InChI=1S/C14H17N3OS/c1-18-9-10-19-14-16-15-13(11-7-8-11)17(14)12-5-3-2-4-6-12/h2-6,11H,7-10H2,1H3. The van der Waals surface area contributed by atoms with Crippen LogP contribution in [0, 0.1) is 0 Å². The zero-order valence-electron chi connectivity index (χ0n) is 11.0. The molecule has 3 rings (SSSR count). The quantitative estimate of drug-likeness (QED) is 0.600. The maximum Gasteiger partial charge on any atom is 0.195 e. The first kappa shape index (κ1) is 12.7. The van der Waals surface area contributed by atoms with Gasteiger partial charge in [0.1, 0.15) is 5.82 Å². The summed E-state index contributed by atoms with van der Waals surface area (Å²) < 4.78 is 7.29. The summed E-state index contributed by atoms with van der Waals surface area (Å²) in [4.78, 5) is 0. The molecule has 1 saturated carbocycles. The topological polar surface area (TPSA) is 39.9 Å². The highest BCUT2D eigenvalue weighted by molar-refractivity contribution is 7.99. The second-order valence-electron chi connectivity index (χ2n) is 4.63. The minimum absolute atomic E-state index is 0.587. The molecule has 0 atom stereocenters. The van der Waals surface area contributed by atoms with Crippen LogP contribution in [0.2, 0.25) is 0 Å². The first-order valence-electron chi connectivity index (χ1n) is 6.52. The summed E-state index contributed by atoms with van der Waals surface area (Å²) in [5.74, 6) is 2.59. The van der Waals surface area contributed by atoms with Gasteiger partial charge in [0, 0.05) is 24.5 Å². The van der Waals surface area contributed by atoms with Gasteiger partial charge in [-0.1, -0.05) is 30.0 Å². The predicted molar refractivity (Wildman–Crippen MR) is 75.9 cm³/mol. The van der Waals surface area contributed by atoms with Crippen molar-refractivity contribution in [3.63, 3.8) is 0 Å². The molecule has 1 aliphatic rings. The molecule has 0 unspecified atom stereocenters. The van der Waals surface area contributed by atoms with E-state index in [9.17, 15) is 0 Å². The van der Waals surface area contributed by atoms with E-state index < -0.39 is 0 Å². The van der Waals surface area contributed by atoms with Gasteiger partial charge in [-0.3, -0.25) is 4.57 Å². The molecule has 0 saturated heterocycles. The highest BCUT2D eigenvalue weighted by Crippen LogP contribution is 2.41. The third-order valence-electron chi connectivity index (χ3n) is 3.13. The van der Waals surface area contributed by atoms with E-state index in [1.807, 2.05) is 6.07 Å². The van der Waals surface area contributed by atoms with Gasteiger partial charge in [0.05, 0.1) is 6.61 Å². The van der Waals surface area contributed by atoms with Crippen molar-refractivity contribution >= 4 is 11.8 Å². The van der Waals surface area contributed by atoms with Crippen LogP contribution in [0.5, 0.6) is 0 Å².